The van der Waals surface area contributed by atoms with Gasteiger partial charge in [0.2, 0.25) is 11.4 Å². The molecule has 0 aromatic heterocycles. The third kappa shape index (κ3) is 41.8. The lowest BCUT2D eigenvalue weighted by atomic mass is 10.8. The van der Waals surface area contributed by atoms with Crippen molar-refractivity contribution >= 4 is 147 Å². The van der Waals surface area contributed by atoms with Gasteiger partial charge in [0.25, 0.3) is 0 Å². The Morgan fingerprint density at radius 1 is 0.538 bits per heavy atom. The Kier molecular flexibility index (Phi) is 22.9. The van der Waals surface area contributed by atoms with Crippen molar-refractivity contribution in [2.24, 2.45) is 0 Å². The van der Waals surface area contributed by atoms with Crippen molar-refractivity contribution in [2.45, 2.75) is 28.1 Å². The molecule has 0 radical (unpaired) electrons. The first kappa shape index (κ1) is 36.8. The van der Waals surface area contributed by atoms with Gasteiger partial charge in [-0.25, -0.2) is 4.57 Å². The van der Waals surface area contributed by atoms with Crippen LogP contribution in [-0.2, 0) is 4.57 Å². The minimum Gasteiger partial charge on any atom is -0.373 e. The highest BCUT2D eigenvalue weighted by Gasteiger charge is 2.29. The van der Waals surface area contributed by atoms with Gasteiger partial charge in [-0.2, -0.15) is 0 Å². The van der Waals surface area contributed by atoms with E-state index in [1.54, 1.807) is 0 Å². The van der Waals surface area contributed by atoms with Crippen molar-refractivity contribution in [1.29, 1.82) is 0 Å². The van der Waals surface area contributed by atoms with Crippen LogP contribution in [0.25, 0.3) is 0 Å². The highest BCUT2D eigenvalue weighted by atomic mass is 35.6. The normalized spacial score (nSPS) is 15.8. The van der Waals surface area contributed by atoms with E-state index in [-0.39, 0.29) is 0 Å². The van der Waals surface area contributed by atoms with Crippen LogP contribution >= 0.6 is 147 Å². The first-order valence-corrected chi connectivity index (χ1v) is 11.1. The molecule has 0 bridgehead atoms. The molecule has 0 fully saturated rings. The number of hydrogen-bond acceptors (Lipinski definition) is 4. The van der Waals surface area contributed by atoms with E-state index in [4.69, 9.17) is 174 Å². The van der Waals surface area contributed by atoms with Crippen LogP contribution in [0.2, 0.25) is 0 Å². The molecule has 26 heavy (non-hydrogen) atoms. The van der Waals surface area contributed by atoms with Gasteiger partial charge < -0.3 is 30.0 Å². The lowest BCUT2D eigenvalue weighted by molar-refractivity contribution is 0.261. The standard InChI is InChI=1S/3C2H2Cl4O.H3O4P/c3*3-1(7)2(4,5)6;1-5(2,3)4/h3*1,7H;(H3,1,2,3,4). The molecule has 0 amide bonds. The predicted molar refractivity (Wildman–Crippen MR) is 111 cm³/mol. The third-order valence-electron chi connectivity index (χ3n) is 0.810. The fourth-order valence-corrected chi connectivity index (χ4v) is 0. The summed E-state index contributed by atoms with van der Waals surface area (Å²) in [7, 11) is -4.64. The van der Waals surface area contributed by atoms with E-state index in [1.807, 2.05) is 0 Å². The number of phosphoric acid groups is 1. The molecule has 164 valence electrons. The van der Waals surface area contributed by atoms with Crippen molar-refractivity contribution in [3.05, 3.63) is 0 Å². The quantitative estimate of drug-likeness (QED) is 0.164. The van der Waals surface area contributed by atoms with E-state index in [0.717, 1.165) is 0 Å². The third-order valence-corrected chi connectivity index (χ3v) is 4.66. The highest BCUT2D eigenvalue weighted by molar-refractivity contribution is 7.45. The van der Waals surface area contributed by atoms with Crippen LogP contribution in [-0.4, -0.2) is 58.1 Å². The molecule has 0 saturated carbocycles. The summed E-state index contributed by atoms with van der Waals surface area (Å²) in [5, 5.41) is 24.8. The van der Waals surface area contributed by atoms with Crippen molar-refractivity contribution in [2.75, 3.05) is 0 Å². The van der Waals surface area contributed by atoms with Crippen molar-refractivity contribution < 1.29 is 34.6 Å². The van der Waals surface area contributed by atoms with Gasteiger partial charge in [-0.1, -0.05) is 139 Å². The highest BCUT2D eigenvalue weighted by Crippen LogP contribution is 2.33. The number of alkyl halides is 12. The number of rotatable bonds is 0. The van der Waals surface area contributed by atoms with Crippen LogP contribution in [0.4, 0.5) is 0 Å². The van der Waals surface area contributed by atoms with Gasteiger partial charge in [-0.05, 0) is 0 Å². The molecule has 0 aliphatic carbocycles. The van der Waals surface area contributed by atoms with Gasteiger partial charge >= 0.3 is 7.82 Å². The van der Waals surface area contributed by atoms with Crippen molar-refractivity contribution in [3.63, 3.8) is 0 Å². The van der Waals surface area contributed by atoms with Crippen LogP contribution in [0.15, 0.2) is 0 Å². The first-order valence-electron chi connectivity index (χ1n) is 4.78. The zero-order valence-corrected chi connectivity index (χ0v) is 21.3. The fourth-order valence-electron chi connectivity index (χ4n) is 0. The fraction of sp³-hybridized carbons (Fsp3) is 1.00. The molecule has 0 aromatic carbocycles. The summed E-state index contributed by atoms with van der Waals surface area (Å²) in [6.45, 7) is 0. The zero-order valence-electron chi connectivity index (χ0n) is 11.3. The van der Waals surface area contributed by atoms with E-state index in [9.17, 15) is 0 Å². The van der Waals surface area contributed by atoms with Gasteiger partial charge in [0, 0.05) is 0 Å². The van der Waals surface area contributed by atoms with Crippen LogP contribution in [0, 0.1) is 0 Å². The summed E-state index contributed by atoms with van der Waals surface area (Å²) in [5.74, 6) is 0. The average Bonchev–Trinajstić information content (AvgIpc) is 2.23. The lowest BCUT2D eigenvalue weighted by Gasteiger charge is -2.10. The smallest absolute Gasteiger partial charge is 0.373 e. The predicted octanol–water partition coefficient (Wildman–Crippen LogP) is 4.81. The van der Waals surface area contributed by atoms with Gasteiger partial charge in [-0.3, -0.25) is 0 Å². The molecular weight excluding hydrogens is 640 g/mol. The average molecular weight is 650 g/mol. The maximum Gasteiger partial charge on any atom is 0.466 e. The molecule has 0 aromatic rings. The number of hydrogen-bond donors (Lipinski definition) is 6. The summed E-state index contributed by atoms with van der Waals surface area (Å²) in [6, 6.07) is 0. The SMILES string of the molecule is O=P(O)(O)O.OC(Cl)C(Cl)(Cl)Cl.OC(Cl)C(Cl)(Cl)Cl.OC(Cl)C(Cl)(Cl)Cl. The van der Waals surface area contributed by atoms with Gasteiger partial charge in [0.05, 0.1) is 0 Å². The molecule has 3 unspecified atom stereocenters. The molecule has 20 heteroatoms. The summed E-state index contributed by atoms with van der Waals surface area (Å²) >= 11 is 59.9. The van der Waals surface area contributed by atoms with E-state index < -0.39 is 35.9 Å². The molecule has 0 spiro atoms. The van der Waals surface area contributed by atoms with Crippen molar-refractivity contribution in [3.8, 4) is 0 Å². The van der Waals surface area contributed by atoms with Crippen LogP contribution in [0.5, 0.6) is 0 Å². The zero-order chi connectivity index (χ0) is 22.7. The maximum atomic E-state index is 8.88. The Balaban J connectivity index is -0.000000125. The first-order chi connectivity index (χ1) is 10.8. The molecule has 0 aliphatic heterocycles. The van der Waals surface area contributed by atoms with Crippen molar-refractivity contribution in [1.82, 2.24) is 0 Å². The molecule has 7 nitrogen and oxygen atoms in total. The van der Waals surface area contributed by atoms with Crippen LogP contribution in [0.3, 0.4) is 0 Å². The Morgan fingerprint density at radius 2 is 0.577 bits per heavy atom. The van der Waals surface area contributed by atoms with E-state index in [1.165, 1.54) is 0 Å². The Morgan fingerprint density at radius 3 is 0.577 bits per heavy atom. The second-order valence-corrected chi connectivity index (χ2v) is 12.5. The molecule has 0 aliphatic rings. The van der Waals surface area contributed by atoms with Gasteiger partial charge in [0.15, 0.2) is 16.7 Å². The minimum atomic E-state index is -4.64. The number of aliphatic hydroxyl groups is 3. The van der Waals surface area contributed by atoms with E-state index >= 15 is 0 Å². The maximum absolute atomic E-state index is 8.88. The summed E-state index contributed by atoms with van der Waals surface area (Å²) in [6.07, 6.45) is 0. The molecular formula is C6H9Cl12O7P. The summed E-state index contributed by atoms with van der Waals surface area (Å²) < 4.78 is 3.59. The lowest BCUT2D eigenvalue weighted by Crippen LogP contribution is -2.17. The Bertz CT molecular complexity index is 332. The Hall–Kier alpha value is 3.47. The summed E-state index contributed by atoms with van der Waals surface area (Å²) in [5.41, 5.74) is -4.30. The van der Waals surface area contributed by atoms with E-state index in [0.29, 0.717) is 0 Å². The minimum absolute atomic E-state index is 1.43. The summed E-state index contributed by atoms with van der Waals surface area (Å²) in [4.78, 5) is 21.6. The molecule has 6 N–H and O–H groups in total. The van der Waals surface area contributed by atoms with E-state index in [2.05, 4.69) is 0 Å². The topological polar surface area (TPSA) is 138 Å². The molecule has 0 saturated heterocycles. The second kappa shape index (κ2) is 16.2. The molecule has 0 heterocycles. The van der Waals surface area contributed by atoms with Gasteiger partial charge in [-0.15, -0.1) is 0 Å². The second-order valence-electron chi connectivity index (χ2n) is 3.15. The Labute approximate surface area is 208 Å². The molecule has 0 rings (SSSR count). The monoisotopic (exact) mass is 644 g/mol. The van der Waals surface area contributed by atoms with Crippen LogP contribution in [0.1, 0.15) is 0 Å². The molecule has 3 atom stereocenters. The number of aliphatic hydroxyl groups excluding tert-OH is 3. The largest absolute Gasteiger partial charge is 0.466 e. The number of halogens is 12. The van der Waals surface area contributed by atoms with Gasteiger partial charge in [0.1, 0.15) is 0 Å². The van der Waals surface area contributed by atoms with Crippen LogP contribution < -0.4 is 0 Å².